The van der Waals surface area contributed by atoms with E-state index in [-0.39, 0.29) is 29.7 Å². The van der Waals surface area contributed by atoms with Crippen LogP contribution in [-0.4, -0.2) is 89.2 Å². The lowest BCUT2D eigenvalue weighted by Gasteiger charge is -2.50. The molecule has 0 spiro atoms. The van der Waals surface area contributed by atoms with E-state index in [1.807, 2.05) is 19.0 Å². The molecule has 1 aromatic carbocycles. The molecule has 0 saturated heterocycles. The Labute approximate surface area is 227 Å². The number of phenolic OH excluding ortho intramolecular Hbond substituents is 1. The van der Waals surface area contributed by atoms with Gasteiger partial charge in [-0.15, -0.1) is 0 Å². The van der Waals surface area contributed by atoms with Crippen molar-refractivity contribution in [3.8, 4) is 5.75 Å². The topological polar surface area (TPSA) is 177 Å². The van der Waals surface area contributed by atoms with Crippen molar-refractivity contribution in [2.45, 2.75) is 44.9 Å². The highest BCUT2D eigenvalue weighted by molar-refractivity contribution is 6.24. The number of nitrogens with zero attached hydrogens (tertiary/aromatic N) is 2. The minimum Gasteiger partial charge on any atom is -0.510 e. The number of hydrogen-bond acceptors (Lipinski definition) is 10. The normalized spacial score (nSPS) is 26.6. The maximum atomic E-state index is 13.9. The molecular weight excluding hydrogens is 504 g/mol. The van der Waals surface area contributed by atoms with Gasteiger partial charge in [-0.2, -0.15) is 0 Å². The fourth-order valence-corrected chi connectivity index (χ4v) is 6.56. The highest BCUT2D eigenvalue weighted by atomic mass is 16.3. The Morgan fingerprint density at radius 2 is 1.82 bits per heavy atom. The van der Waals surface area contributed by atoms with Gasteiger partial charge in [0.1, 0.15) is 22.8 Å². The van der Waals surface area contributed by atoms with E-state index in [1.54, 1.807) is 14.1 Å². The molecule has 1 amide bonds. The number of phenols is 1. The third-order valence-electron chi connectivity index (χ3n) is 8.09. The molecule has 0 heterocycles. The van der Waals surface area contributed by atoms with E-state index >= 15 is 0 Å². The number of carbonyl (C=O) groups excluding carboxylic acids is 3. The molecule has 39 heavy (non-hydrogen) atoms. The number of benzene rings is 1. The summed E-state index contributed by atoms with van der Waals surface area (Å²) in [6.45, 7) is 5.40. The van der Waals surface area contributed by atoms with Crippen molar-refractivity contribution in [1.29, 1.82) is 0 Å². The van der Waals surface area contributed by atoms with Crippen LogP contribution in [0.2, 0.25) is 0 Å². The first-order chi connectivity index (χ1) is 18.1. The molecular formula is C28H38N4O7. The Kier molecular flexibility index (Phi) is 7.30. The number of aliphatic hydroxyl groups is 3. The second-order valence-electron chi connectivity index (χ2n) is 11.6. The average molecular weight is 543 g/mol. The van der Waals surface area contributed by atoms with Crippen molar-refractivity contribution in [3.05, 3.63) is 45.4 Å². The van der Waals surface area contributed by atoms with Crippen LogP contribution < -0.4 is 16.0 Å². The molecule has 4 atom stereocenters. The summed E-state index contributed by atoms with van der Waals surface area (Å²) in [6, 6.07) is 0.501. The van der Waals surface area contributed by atoms with E-state index in [4.69, 9.17) is 5.73 Å². The molecule has 0 fully saturated rings. The van der Waals surface area contributed by atoms with E-state index in [9.17, 15) is 34.8 Å². The van der Waals surface area contributed by atoms with Crippen molar-refractivity contribution in [3.63, 3.8) is 0 Å². The van der Waals surface area contributed by atoms with Gasteiger partial charge in [0.25, 0.3) is 5.91 Å². The number of rotatable bonds is 7. The number of aromatic hydroxyl groups is 1. The third-order valence-corrected chi connectivity index (χ3v) is 8.09. The Morgan fingerprint density at radius 3 is 2.36 bits per heavy atom. The Bertz CT molecular complexity index is 1310. The van der Waals surface area contributed by atoms with Gasteiger partial charge in [0.2, 0.25) is 5.78 Å². The summed E-state index contributed by atoms with van der Waals surface area (Å²) in [6.07, 6.45) is 0.294. The molecule has 0 aromatic heterocycles. The van der Waals surface area contributed by atoms with Crippen LogP contribution in [0.1, 0.15) is 41.8 Å². The Hall–Kier alpha value is -3.41. The van der Waals surface area contributed by atoms with Crippen LogP contribution in [0.25, 0.3) is 0 Å². The summed E-state index contributed by atoms with van der Waals surface area (Å²) < 4.78 is 0. The molecule has 7 N–H and O–H groups in total. The summed E-state index contributed by atoms with van der Waals surface area (Å²) in [7, 11) is 6.90. The summed E-state index contributed by atoms with van der Waals surface area (Å²) in [5, 5.41) is 48.4. The lowest BCUT2D eigenvalue weighted by molar-refractivity contribution is -0.148. The molecule has 0 radical (unpaired) electrons. The first-order valence-corrected chi connectivity index (χ1v) is 13.0. The number of anilines is 1. The number of Topliss-reactive ketones (excluding diaryl/α,β-unsaturated/α-hetero) is 2. The van der Waals surface area contributed by atoms with Crippen molar-refractivity contribution < 1.29 is 34.8 Å². The number of carbonyl (C=O) groups is 3. The van der Waals surface area contributed by atoms with E-state index in [0.717, 1.165) is 17.8 Å². The average Bonchev–Trinajstić information content (AvgIpc) is 2.80. The van der Waals surface area contributed by atoms with Crippen LogP contribution in [0.4, 0.5) is 5.69 Å². The number of fused-ring (bicyclic) bond motifs is 3. The number of amides is 1. The maximum Gasteiger partial charge on any atom is 0.255 e. The quantitative estimate of drug-likeness (QED) is 0.272. The lowest BCUT2D eigenvalue weighted by atomic mass is 9.58. The van der Waals surface area contributed by atoms with Crippen LogP contribution in [-0.2, 0) is 22.6 Å². The van der Waals surface area contributed by atoms with Crippen molar-refractivity contribution in [2.24, 2.45) is 23.5 Å². The van der Waals surface area contributed by atoms with Gasteiger partial charge < -0.3 is 36.4 Å². The molecule has 3 aliphatic carbocycles. The van der Waals surface area contributed by atoms with Gasteiger partial charge in [-0.05, 0) is 62.5 Å². The number of ketones is 2. The lowest BCUT2D eigenvalue weighted by Crippen LogP contribution is -2.63. The van der Waals surface area contributed by atoms with Crippen molar-refractivity contribution >= 4 is 23.2 Å². The molecule has 0 bridgehead atoms. The zero-order valence-electron chi connectivity index (χ0n) is 23.2. The number of nitrogens with one attached hydrogen (secondary N) is 1. The fourth-order valence-electron chi connectivity index (χ4n) is 6.56. The van der Waals surface area contributed by atoms with Gasteiger partial charge in [-0.25, -0.2) is 0 Å². The largest absolute Gasteiger partial charge is 0.510 e. The fraction of sp³-hybridized carbons (Fsp3) is 0.536. The van der Waals surface area contributed by atoms with Crippen LogP contribution in [0, 0.1) is 17.8 Å². The molecule has 0 saturated carbocycles. The van der Waals surface area contributed by atoms with Crippen LogP contribution in [0.5, 0.6) is 5.75 Å². The molecule has 3 aliphatic rings. The van der Waals surface area contributed by atoms with Crippen LogP contribution in [0.3, 0.4) is 0 Å². The Balaban J connectivity index is 1.90. The summed E-state index contributed by atoms with van der Waals surface area (Å²) in [5.41, 5.74) is 3.94. The monoisotopic (exact) mass is 542 g/mol. The molecule has 1 aromatic rings. The molecule has 0 unspecified atom stereocenters. The number of hydrogen-bond donors (Lipinski definition) is 6. The molecule has 4 rings (SSSR count). The SMILES string of the molecule is CC(C)CNCc1cc(O)c2c(c1N(C)C)C[C@H]1C[C@H]3[C@H](N(C)C)C(O)=C(C(N)=O)C(=O)[C@@]3(O)C(O)=C1C2=O. The number of allylic oxidation sites excluding steroid dienone is 1. The van der Waals surface area contributed by atoms with Crippen LogP contribution in [0.15, 0.2) is 28.7 Å². The minimum absolute atomic E-state index is 0.00657. The molecule has 0 aliphatic heterocycles. The summed E-state index contributed by atoms with van der Waals surface area (Å²) in [4.78, 5) is 42.8. The number of likely N-dealkylation sites (N-methyl/N-ethyl adjacent to an activating group) is 1. The van der Waals surface area contributed by atoms with E-state index in [0.29, 0.717) is 18.0 Å². The van der Waals surface area contributed by atoms with Crippen LogP contribution >= 0.6 is 0 Å². The zero-order chi connectivity index (χ0) is 29.1. The van der Waals surface area contributed by atoms with Gasteiger partial charge in [0.15, 0.2) is 11.4 Å². The number of nitrogens with two attached hydrogens (primary N) is 1. The maximum absolute atomic E-state index is 13.9. The molecule has 11 heteroatoms. The highest BCUT2D eigenvalue weighted by Gasteiger charge is 2.63. The van der Waals surface area contributed by atoms with Crippen molar-refractivity contribution in [2.75, 3.05) is 39.6 Å². The summed E-state index contributed by atoms with van der Waals surface area (Å²) >= 11 is 0. The predicted octanol–water partition coefficient (Wildman–Crippen LogP) is 0.932. The van der Waals surface area contributed by atoms with Gasteiger partial charge in [-0.3, -0.25) is 19.3 Å². The smallest absolute Gasteiger partial charge is 0.255 e. The minimum atomic E-state index is -2.65. The summed E-state index contributed by atoms with van der Waals surface area (Å²) in [5.74, 6) is -6.16. The molecule has 11 nitrogen and oxygen atoms in total. The zero-order valence-corrected chi connectivity index (χ0v) is 23.2. The number of aliphatic hydroxyl groups excluding tert-OH is 2. The highest BCUT2D eigenvalue weighted by Crippen LogP contribution is 2.53. The van der Waals surface area contributed by atoms with Gasteiger partial charge in [-0.1, -0.05) is 13.8 Å². The first-order valence-electron chi connectivity index (χ1n) is 13.0. The van der Waals surface area contributed by atoms with Gasteiger partial charge in [0.05, 0.1) is 11.6 Å². The van der Waals surface area contributed by atoms with E-state index in [2.05, 4.69) is 19.2 Å². The first kappa shape index (κ1) is 28.6. The second-order valence-corrected chi connectivity index (χ2v) is 11.6. The van der Waals surface area contributed by atoms with Gasteiger partial charge in [0, 0.05) is 37.8 Å². The molecule has 212 valence electrons. The predicted molar refractivity (Wildman–Crippen MR) is 145 cm³/mol. The third kappa shape index (κ3) is 4.29. The van der Waals surface area contributed by atoms with Crippen molar-refractivity contribution in [1.82, 2.24) is 10.2 Å². The standard InChI is InChI=1S/C28H38N4O7/c1-12(2)10-30-11-14-9-17(33)19-15(21(14)31(3)4)7-13-8-16-22(32(5)6)24(35)20(27(29)38)26(37)28(16,39)25(36)18(13)23(19)34/h9,12-13,16,22,30,33,35-36,39H,7-8,10-11H2,1-6H3,(H2,29,38)/t13-,16-,22-,28-/m0/s1. The van der Waals surface area contributed by atoms with E-state index < -0.39 is 58.0 Å². The van der Waals surface area contributed by atoms with Gasteiger partial charge >= 0.3 is 0 Å². The number of primary amides is 1. The second kappa shape index (κ2) is 9.96. The van der Waals surface area contributed by atoms with E-state index in [1.165, 1.54) is 11.0 Å². The Morgan fingerprint density at radius 1 is 1.18 bits per heavy atom.